The van der Waals surface area contributed by atoms with Gasteiger partial charge in [-0.1, -0.05) is 20.8 Å². The molecule has 0 aromatic heterocycles. The van der Waals surface area contributed by atoms with E-state index >= 15 is 0 Å². The van der Waals surface area contributed by atoms with E-state index in [4.69, 9.17) is 5.11 Å². The van der Waals surface area contributed by atoms with Gasteiger partial charge in [-0.25, -0.2) is 0 Å². The van der Waals surface area contributed by atoms with Crippen molar-refractivity contribution in [2.24, 2.45) is 40.4 Å². The molecular weight excluding hydrogens is 366 g/mol. The minimum atomic E-state index is -0.699. The molecule has 3 saturated carbocycles. The molecule has 0 spiro atoms. The summed E-state index contributed by atoms with van der Waals surface area (Å²) in [5.74, 6) is 1.71. The largest absolute Gasteiger partial charge is 0.481 e. The molecule has 0 radical (unpaired) electrons. The number of carboxylic acid groups (broad SMARTS) is 1. The molecule has 4 fully saturated rings. The lowest BCUT2D eigenvalue weighted by molar-refractivity contribution is -0.137. The number of nitrogens with one attached hydrogen (secondary N) is 1. The highest BCUT2D eigenvalue weighted by molar-refractivity contribution is 5.77. The van der Waals surface area contributed by atoms with Crippen molar-refractivity contribution in [1.29, 1.82) is 0 Å². The first-order chi connectivity index (χ1) is 13.6. The molecule has 29 heavy (non-hydrogen) atoms. The normalized spacial score (nSPS) is 47.9. The van der Waals surface area contributed by atoms with Gasteiger partial charge in [0.1, 0.15) is 0 Å². The lowest BCUT2D eigenvalue weighted by atomic mass is 9.50. The smallest absolute Gasteiger partial charge is 0.303 e. The zero-order chi connectivity index (χ0) is 21.0. The van der Waals surface area contributed by atoms with Crippen molar-refractivity contribution in [2.75, 3.05) is 0 Å². The Labute approximate surface area is 175 Å². The second-order valence-electron chi connectivity index (χ2n) is 11.3. The van der Waals surface area contributed by atoms with Crippen LogP contribution in [-0.4, -0.2) is 34.2 Å². The lowest BCUT2D eigenvalue weighted by Gasteiger charge is -2.56. The van der Waals surface area contributed by atoms with E-state index in [0.29, 0.717) is 30.1 Å². The molecule has 0 bridgehead atoms. The van der Waals surface area contributed by atoms with Gasteiger partial charge in [-0.3, -0.25) is 9.59 Å². The zero-order valence-corrected chi connectivity index (χ0v) is 18.3. The van der Waals surface area contributed by atoms with Crippen LogP contribution in [0.1, 0.15) is 85.0 Å². The Kier molecular flexibility index (Phi) is 5.50. The van der Waals surface area contributed by atoms with Crippen molar-refractivity contribution >= 4 is 11.9 Å². The third kappa shape index (κ3) is 3.51. The molecule has 4 rings (SSSR count). The third-order valence-electron chi connectivity index (χ3n) is 9.96. The highest BCUT2D eigenvalue weighted by Crippen LogP contribution is 2.64. The fourth-order valence-corrected chi connectivity index (χ4v) is 8.28. The molecule has 0 aromatic carbocycles. The summed E-state index contributed by atoms with van der Waals surface area (Å²) in [5.41, 5.74) is 0.328. The number of aliphatic hydroxyl groups excluding tert-OH is 1. The highest BCUT2D eigenvalue weighted by Gasteiger charge is 2.60. The summed E-state index contributed by atoms with van der Waals surface area (Å²) in [7, 11) is 0. The Morgan fingerprint density at radius 1 is 1.14 bits per heavy atom. The first-order valence-electron chi connectivity index (χ1n) is 11.8. The number of hydrogen-bond donors (Lipinski definition) is 3. The summed E-state index contributed by atoms with van der Waals surface area (Å²) in [6, 6.07) is 0.239. The van der Waals surface area contributed by atoms with Gasteiger partial charge in [-0.05, 0) is 91.8 Å². The number of carboxylic acids is 1. The van der Waals surface area contributed by atoms with Crippen molar-refractivity contribution < 1.29 is 19.8 Å². The number of rotatable bonds is 4. The molecule has 1 saturated heterocycles. The monoisotopic (exact) mass is 405 g/mol. The maximum Gasteiger partial charge on any atom is 0.303 e. The van der Waals surface area contributed by atoms with E-state index in [1.165, 1.54) is 6.42 Å². The van der Waals surface area contributed by atoms with Gasteiger partial charge in [-0.2, -0.15) is 0 Å². The van der Waals surface area contributed by atoms with Crippen molar-refractivity contribution in [2.45, 2.75) is 97.1 Å². The Balaban J connectivity index is 1.58. The van der Waals surface area contributed by atoms with Gasteiger partial charge in [0.05, 0.1) is 6.10 Å². The van der Waals surface area contributed by atoms with E-state index in [2.05, 4.69) is 26.1 Å². The molecule has 9 atom stereocenters. The minimum Gasteiger partial charge on any atom is -0.481 e. The van der Waals surface area contributed by atoms with Gasteiger partial charge in [0.15, 0.2) is 0 Å². The van der Waals surface area contributed by atoms with Gasteiger partial charge in [0, 0.05) is 18.9 Å². The predicted molar refractivity (Wildman–Crippen MR) is 111 cm³/mol. The average Bonchev–Trinajstić information content (AvgIpc) is 2.95. The molecule has 3 aliphatic carbocycles. The number of hydrogen-bond acceptors (Lipinski definition) is 3. The van der Waals surface area contributed by atoms with Crippen LogP contribution in [0.4, 0.5) is 0 Å². The first-order valence-corrected chi connectivity index (χ1v) is 11.8. The number of aliphatic carboxylic acids is 1. The highest BCUT2D eigenvalue weighted by atomic mass is 16.4. The second-order valence-corrected chi connectivity index (χ2v) is 11.3. The molecule has 3 N–H and O–H groups in total. The fourth-order valence-electron chi connectivity index (χ4n) is 8.28. The van der Waals surface area contributed by atoms with Crippen LogP contribution in [0, 0.1) is 40.4 Å². The van der Waals surface area contributed by atoms with Crippen molar-refractivity contribution in [1.82, 2.24) is 5.32 Å². The Morgan fingerprint density at radius 3 is 2.55 bits per heavy atom. The van der Waals surface area contributed by atoms with Crippen LogP contribution < -0.4 is 5.32 Å². The number of aliphatic hydroxyl groups is 1. The molecule has 5 nitrogen and oxygen atoms in total. The van der Waals surface area contributed by atoms with Gasteiger partial charge in [0.2, 0.25) is 5.91 Å². The van der Waals surface area contributed by atoms with E-state index in [1.54, 1.807) is 0 Å². The van der Waals surface area contributed by atoms with E-state index in [-0.39, 0.29) is 41.2 Å². The molecule has 1 amide bonds. The standard InChI is InChI=1S/C24H39NO4/c1-14(4-7-21(28)29)17-5-6-18-22-19(9-11-24(17,18)3)23(2)10-8-16(26)12-15(23)13-20(27)25-22/h14-19,22,26H,4-13H2,1-3H3,(H,25,27)(H,28,29)/t14-,15+,16-,17-,18+,19+,22+,23+,24-/m1/s1. The minimum absolute atomic E-state index is 0.136. The second kappa shape index (κ2) is 7.55. The van der Waals surface area contributed by atoms with Crippen LogP contribution >= 0.6 is 0 Å². The van der Waals surface area contributed by atoms with Crippen molar-refractivity contribution in [3.8, 4) is 0 Å². The summed E-state index contributed by atoms with van der Waals surface area (Å²) >= 11 is 0. The number of fused-ring (bicyclic) bond motifs is 5. The van der Waals surface area contributed by atoms with Gasteiger partial charge < -0.3 is 15.5 Å². The fraction of sp³-hybridized carbons (Fsp3) is 0.917. The van der Waals surface area contributed by atoms with Gasteiger partial charge in [-0.15, -0.1) is 0 Å². The molecule has 0 unspecified atom stereocenters. The molecule has 164 valence electrons. The van der Waals surface area contributed by atoms with E-state index in [9.17, 15) is 14.7 Å². The van der Waals surface area contributed by atoms with Crippen LogP contribution in [0.15, 0.2) is 0 Å². The molecule has 5 heteroatoms. The number of carbonyl (C=O) groups excluding carboxylic acids is 1. The summed E-state index contributed by atoms with van der Waals surface area (Å²) in [5, 5.41) is 22.8. The Hall–Kier alpha value is -1.10. The van der Waals surface area contributed by atoms with Crippen molar-refractivity contribution in [3.63, 3.8) is 0 Å². The van der Waals surface area contributed by atoms with Crippen LogP contribution in [0.25, 0.3) is 0 Å². The maximum atomic E-state index is 12.9. The molecule has 4 aliphatic rings. The maximum absolute atomic E-state index is 12.9. The molecular formula is C24H39NO4. The third-order valence-corrected chi connectivity index (χ3v) is 9.96. The summed E-state index contributed by atoms with van der Waals surface area (Å²) in [6.45, 7) is 7.05. The lowest BCUT2D eigenvalue weighted by Crippen LogP contribution is -2.56. The quantitative estimate of drug-likeness (QED) is 0.660. The van der Waals surface area contributed by atoms with Crippen molar-refractivity contribution in [3.05, 3.63) is 0 Å². The van der Waals surface area contributed by atoms with Crippen LogP contribution in [0.3, 0.4) is 0 Å². The first kappa shape index (κ1) is 21.1. The average molecular weight is 406 g/mol. The van der Waals surface area contributed by atoms with E-state index < -0.39 is 5.97 Å². The van der Waals surface area contributed by atoms with E-state index in [0.717, 1.165) is 44.9 Å². The van der Waals surface area contributed by atoms with Crippen LogP contribution in [0.5, 0.6) is 0 Å². The molecule has 0 aromatic rings. The number of carbonyl (C=O) groups is 2. The van der Waals surface area contributed by atoms with Crippen LogP contribution in [0.2, 0.25) is 0 Å². The number of amides is 1. The Morgan fingerprint density at radius 2 is 1.83 bits per heavy atom. The molecule has 1 heterocycles. The summed E-state index contributed by atoms with van der Waals surface area (Å²) < 4.78 is 0. The predicted octanol–water partition coefficient (Wildman–Crippen LogP) is 3.99. The summed E-state index contributed by atoms with van der Waals surface area (Å²) in [4.78, 5) is 23.9. The molecule has 1 aliphatic heterocycles. The zero-order valence-electron chi connectivity index (χ0n) is 18.3. The topological polar surface area (TPSA) is 86.6 Å². The van der Waals surface area contributed by atoms with Gasteiger partial charge in [0.25, 0.3) is 0 Å². The van der Waals surface area contributed by atoms with Gasteiger partial charge >= 0.3 is 5.97 Å². The Bertz CT molecular complexity index is 665. The van der Waals surface area contributed by atoms with Crippen LogP contribution in [-0.2, 0) is 9.59 Å². The SMILES string of the molecule is C[C@H](CCC(=O)O)[C@H]1CC[C@H]2[C@@H]3NC(=O)C[C@@H]4C[C@H](O)CC[C@]4(C)[C@H]3CC[C@]12C. The van der Waals surface area contributed by atoms with E-state index in [1.807, 2.05) is 0 Å². The summed E-state index contributed by atoms with van der Waals surface area (Å²) in [6.07, 6.45) is 8.58.